The van der Waals surface area contributed by atoms with E-state index in [2.05, 4.69) is 41.8 Å². The van der Waals surface area contributed by atoms with Crippen molar-refractivity contribution in [2.75, 3.05) is 0 Å². The minimum atomic E-state index is -0.519. The zero-order chi connectivity index (χ0) is 13.1. The van der Waals surface area contributed by atoms with Gasteiger partial charge in [-0.15, -0.1) is 0 Å². The second-order valence-electron chi connectivity index (χ2n) is 3.12. The van der Waals surface area contributed by atoms with Crippen LogP contribution in [0.25, 0.3) is 0 Å². The van der Waals surface area contributed by atoms with Gasteiger partial charge in [-0.3, -0.25) is 10.1 Å². The van der Waals surface area contributed by atoms with Crippen molar-refractivity contribution in [2.24, 2.45) is 0 Å². The fourth-order valence-corrected chi connectivity index (χ4v) is 1.95. The molecule has 1 heterocycles. The first-order valence-corrected chi connectivity index (χ1v) is 6.24. The molecule has 0 spiro atoms. The summed E-state index contributed by atoms with van der Waals surface area (Å²) < 4.78 is 6.43. The Hall–Kier alpha value is -1.54. The molecule has 0 saturated carbocycles. The van der Waals surface area contributed by atoms with Crippen LogP contribution in [0.15, 0.2) is 39.7 Å². The van der Waals surface area contributed by atoms with Crippen molar-refractivity contribution >= 4 is 37.5 Å². The topological polar surface area (TPSA) is 78.2 Å². The molecule has 0 fully saturated rings. The zero-order valence-corrected chi connectivity index (χ0v) is 11.9. The molecule has 0 radical (unpaired) electrons. The van der Waals surface area contributed by atoms with Gasteiger partial charge in [0.05, 0.1) is 13.9 Å². The monoisotopic (exact) mass is 373 g/mol. The van der Waals surface area contributed by atoms with Crippen molar-refractivity contribution in [3.63, 3.8) is 0 Å². The first-order valence-electron chi connectivity index (χ1n) is 4.66. The second-order valence-corrected chi connectivity index (χ2v) is 4.83. The highest BCUT2D eigenvalue weighted by Gasteiger charge is 2.20. The van der Waals surface area contributed by atoms with Crippen LogP contribution in [-0.2, 0) is 0 Å². The van der Waals surface area contributed by atoms with Crippen LogP contribution in [-0.4, -0.2) is 14.9 Å². The highest BCUT2D eigenvalue weighted by Crippen LogP contribution is 2.38. The smallest absolute Gasteiger partial charge is 0.312 e. The SMILES string of the molecule is O=[N+]([O-])c1cccc(Br)c1Oc1ncncc1Br. The quantitative estimate of drug-likeness (QED) is 0.604. The number of nitro benzene ring substituents is 1. The van der Waals surface area contributed by atoms with Crippen molar-refractivity contribution in [3.05, 3.63) is 49.8 Å². The lowest BCUT2D eigenvalue weighted by molar-refractivity contribution is -0.385. The van der Waals surface area contributed by atoms with Crippen LogP contribution in [0.4, 0.5) is 5.69 Å². The Labute approximate surface area is 118 Å². The number of nitro groups is 1. The summed E-state index contributed by atoms with van der Waals surface area (Å²) in [5, 5.41) is 10.9. The van der Waals surface area contributed by atoms with Crippen LogP contribution in [0.5, 0.6) is 11.6 Å². The molecule has 1 aromatic heterocycles. The van der Waals surface area contributed by atoms with E-state index in [4.69, 9.17) is 4.74 Å². The first kappa shape index (κ1) is 12.9. The number of hydrogen-bond donors (Lipinski definition) is 0. The molecule has 6 nitrogen and oxygen atoms in total. The molecule has 92 valence electrons. The van der Waals surface area contributed by atoms with E-state index in [-0.39, 0.29) is 17.3 Å². The lowest BCUT2D eigenvalue weighted by Gasteiger charge is -2.07. The van der Waals surface area contributed by atoms with E-state index in [9.17, 15) is 10.1 Å². The number of rotatable bonds is 3. The van der Waals surface area contributed by atoms with E-state index in [1.165, 1.54) is 18.6 Å². The Kier molecular flexibility index (Phi) is 3.87. The van der Waals surface area contributed by atoms with Gasteiger partial charge in [-0.25, -0.2) is 9.97 Å². The third-order valence-corrected chi connectivity index (χ3v) is 3.14. The Morgan fingerprint density at radius 2 is 2.06 bits per heavy atom. The van der Waals surface area contributed by atoms with Gasteiger partial charge in [0.25, 0.3) is 0 Å². The zero-order valence-electron chi connectivity index (χ0n) is 8.71. The molecule has 0 atom stereocenters. The molecule has 0 bridgehead atoms. The molecular formula is C10H5Br2N3O3. The van der Waals surface area contributed by atoms with Gasteiger partial charge in [0.1, 0.15) is 6.33 Å². The van der Waals surface area contributed by atoms with Gasteiger partial charge in [0.15, 0.2) is 0 Å². The maximum atomic E-state index is 10.9. The van der Waals surface area contributed by atoms with Crippen LogP contribution >= 0.6 is 31.9 Å². The molecule has 8 heteroatoms. The number of benzene rings is 1. The third-order valence-electron chi connectivity index (χ3n) is 1.98. The molecule has 0 saturated heterocycles. The van der Waals surface area contributed by atoms with Gasteiger partial charge in [0, 0.05) is 12.3 Å². The number of nitrogens with zero attached hydrogens (tertiary/aromatic N) is 3. The first-order chi connectivity index (χ1) is 8.59. The Bertz CT molecular complexity index is 607. The van der Waals surface area contributed by atoms with Crippen molar-refractivity contribution in [1.82, 2.24) is 9.97 Å². The molecule has 0 aliphatic heterocycles. The maximum absolute atomic E-state index is 10.9. The number of hydrogen-bond acceptors (Lipinski definition) is 5. The van der Waals surface area contributed by atoms with E-state index in [0.717, 1.165) is 0 Å². The van der Waals surface area contributed by atoms with E-state index in [0.29, 0.717) is 8.95 Å². The average molecular weight is 375 g/mol. The van der Waals surface area contributed by atoms with Crippen LogP contribution in [0.1, 0.15) is 0 Å². The van der Waals surface area contributed by atoms with E-state index >= 15 is 0 Å². The third kappa shape index (κ3) is 2.65. The van der Waals surface area contributed by atoms with Gasteiger partial charge in [-0.2, -0.15) is 0 Å². The number of ether oxygens (including phenoxy) is 1. The normalized spacial score (nSPS) is 10.1. The Morgan fingerprint density at radius 1 is 1.28 bits per heavy atom. The molecule has 0 aliphatic carbocycles. The molecule has 2 aromatic rings. The summed E-state index contributed by atoms with van der Waals surface area (Å²) in [4.78, 5) is 18.1. The van der Waals surface area contributed by atoms with E-state index < -0.39 is 4.92 Å². The van der Waals surface area contributed by atoms with E-state index in [1.807, 2.05) is 0 Å². The van der Waals surface area contributed by atoms with Gasteiger partial charge in [-0.05, 0) is 37.9 Å². The fraction of sp³-hybridized carbons (Fsp3) is 0. The average Bonchev–Trinajstić information content (AvgIpc) is 2.34. The van der Waals surface area contributed by atoms with Gasteiger partial charge < -0.3 is 4.74 Å². The van der Waals surface area contributed by atoms with Crippen molar-refractivity contribution in [1.29, 1.82) is 0 Å². The second kappa shape index (κ2) is 5.40. The van der Waals surface area contributed by atoms with E-state index in [1.54, 1.807) is 12.1 Å². The van der Waals surface area contributed by atoms with Gasteiger partial charge in [0.2, 0.25) is 11.6 Å². The summed E-state index contributed by atoms with van der Waals surface area (Å²) >= 11 is 6.41. The lowest BCUT2D eigenvalue weighted by atomic mass is 10.3. The van der Waals surface area contributed by atoms with Crippen LogP contribution in [0, 0.1) is 10.1 Å². The van der Waals surface area contributed by atoms with Crippen LogP contribution in [0.3, 0.4) is 0 Å². The summed E-state index contributed by atoms with van der Waals surface area (Å²) in [6.07, 6.45) is 2.79. The summed E-state index contributed by atoms with van der Waals surface area (Å²) in [7, 11) is 0. The molecule has 0 N–H and O–H groups in total. The molecule has 0 aliphatic rings. The standard InChI is InChI=1S/C10H5Br2N3O3/c11-6-2-1-3-8(15(16)17)9(6)18-10-7(12)4-13-5-14-10/h1-5H. The summed E-state index contributed by atoms with van der Waals surface area (Å²) in [6.45, 7) is 0. The summed E-state index contributed by atoms with van der Waals surface area (Å²) in [6, 6.07) is 4.57. The number of para-hydroxylation sites is 1. The summed E-state index contributed by atoms with van der Waals surface area (Å²) in [5.74, 6) is 0.307. The number of aromatic nitrogens is 2. The van der Waals surface area contributed by atoms with Gasteiger partial charge >= 0.3 is 5.69 Å². The predicted octanol–water partition coefficient (Wildman–Crippen LogP) is 3.70. The summed E-state index contributed by atoms with van der Waals surface area (Å²) in [5.41, 5.74) is -0.144. The number of halogens is 2. The molecule has 1 aromatic carbocycles. The van der Waals surface area contributed by atoms with Crippen molar-refractivity contribution in [2.45, 2.75) is 0 Å². The molecular weight excluding hydrogens is 370 g/mol. The van der Waals surface area contributed by atoms with Gasteiger partial charge in [-0.1, -0.05) is 6.07 Å². The largest absolute Gasteiger partial charge is 0.429 e. The Morgan fingerprint density at radius 3 is 2.72 bits per heavy atom. The minimum absolute atomic E-state index is 0.0990. The Balaban J connectivity index is 2.46. The molecule has 18 heavy (non-hydrogen) atoms. The fourth-order valence-electron chi connectivity index (χ4n) is 1.22. The predicted molar refractivity (Wildman–Crippen MR) is 70.6 cm³/mol. The van der Waals surface area contributed by atoms with Crippen LogP contribution < -0.4 is 4.74 Å². The lowest BCUT2D eigenvalue weighted by Crippen LogP contribution is -1.96. The maximum Gasteiger partial charge on any atom is 0.312 e. The van der Waals surface area contributed by atoms with Crippen molar-refractivity contribution < 1.29 is 9.66 Å². The highest BCUT2D eigenvalue weighted by molar-refractivity contribution is 9.11. The van der Waals surface area contributed by atoms with Crippen LogP contribution in [0.2, 0.25) is 0 Å². The highest BCUT2D eigenvalue weighted by atomic mass is 79.9. The minimum Gasteiger partial charge on any atom is -0.429 e. The molecule has 0 unspecified atom stereocenters. The molecule has 0 amide bonds. The molecule has 2 rings (SSSR count). The van der Waals surface area contributed by atoms with Crippen molar-refractivity contribution in [3.8, 4) is 11.6 Å².